The summed E-state index contributed by atoms with van der Waals surface area (Å²) in [6.45, 7) is 5.63. The molecule has 0 radical (unpaired) electrons. The number of aliphatic hydroxyl groups is 1. The van der Waals surface area contributed by atoms with Crippen LogP contribution < -0.4 is 0 Å². The number of carbonyl (C=O) groups is 1. The van der Waals surface area contributed by atoms with Gasteiger partial charge in [-0.2, -0.15) is 0 Å². The minimum absolute atomic E-state index is 0.00232. The molecule has 1 aliphatic heterocycles. The van der Waals surface area contributed by atoms with E-state index in [4.69, 9.17) is 0 Å². The van der Waals surface area contributed by atoms with Gasteiger partial charge in [-0.05, 0) is 17.9 Å². The molecule has 1 saturated heterocycles. The van der Waals surface area contributed by atoms with Crippen LogP contribution in [0.15, 0.2) is 36.5 Å². The van der Waals surface area contributed by atoms with Gasteiger partial charge in [-0.3, -0.25) is 14.7 Å². The number of hydrogen-bond acceptors (Lipinski definition) is 4. The zero-order valence-corrected chi connectivity index (χ0v) is 13.5. The zero-order valence-electron chi connectivity index (χ0n) is 13.5. The maximum Gasteiger partial charge on any atom is 0.273 e. The first-order valence-electron chi connectivity index (χ1n) is 8.22. The Bertz CT molecular complexity index is 676. The van der Waals surface area contributed by atoms with E-state index in [-0.39, 0.29) is 12.0 Å². The predicted octanol–water partition coefficient (Wildman–Crippen LogP) is 1.76. The zero-order chi connectivity index (χ0) is 16.2. The molecule has 1 fully saturated rings. The molecule has 1 aromatic heterocycles. The fraction of sp³-hybridized carbons (Fsp3) is 0.444. The van der Waals surface area contributed by atoms with Crippen molar-refractivity contribution >= 4 is 16.7 Å². The van der Waals surface area contributed by atoms with E-state index in [9.17, 15) is 9.90 Å². The number of piperazine rings is 1. The van der Waals surface area contributed by atoms with Crippen LogP contribution in [-0.4, -0.2) is 64.6 Å². The van der Waals surface area contributed by atoms with Crippen molar-refractivity contribution in [2.45, 2.75) is 19.4 Å². The Kier molecular flexibility index (Phi) is 4.88. The fourth-order valence-electron chi connectivity index (χ4n) is 3.00. The van der Waals surface area contributed by atoms with Gasteiger partial charge in [-0.25, -0.2) is 0 Å². The normalized spacial score (nSPS) is 17.4. The van der Waals surface area contributed by atoms with Gasteiger partial charge >= 0.3 is 0 Å². The number of benzene rings is 1. The SMILES string of the molecule is CC[C@@H](O)CN1CCN(C(=O)c2nccc3ccccc23)CC1. The number of hydrogen-bond donors (Lipinski definition) is 1. The molecule has 2 heterocycles. The number of nitrogens with zero attached hydrogens (tertiary/aromatic N) is 3. The number of aliphatic hydroxyl groups excluding tert-OH is 1. The van der Waals surface area contributed by atoms with Gasteiger partial charge in [-0.1, -0.05) is 31.2 Å². The molecule has 5 nitrogen and oxygen atoms in total. The average Bonchev–Trinajstić information content (AvgIpc) is 2.61. The average molecular weight is 313 g/mol. The highest BCUT2D eigenvalue weighted by Crippen LogP contribution is 2.18. The summed E-state index contributed by atoms with van der Waals surface area (Å²) in [7, 11) is 0. The molecule has 0 unspecified atom stereocenters. The molecule has 5 heteroatoms. The Morgan fingerprint density at radius 1 is 1.22 bits per heavy atom. The van der Waals surface area contributed by atoms with Crippen LogP contribution in [0.25, 0.3) is 10.8 Å². The van der Waals surface area contributed by atoms with E-state index in [0.717, 1.165) is 30.3 Å². The van der Waals surface area contributed by atoms with Crippen LogP contribution in [0.4, 0.5) is 0 Å². The lowest BCUT2D eigenvalue weighted by Gasteiger charge is -2.35. The largest absolute Gasteiger partial charge is 0.392 e. The molecule has 1 amide bonds. The number of aromatic nitrogens is 1. The van der Waals surface area contributed by atoms with Crippen LogP contribution in [0.3, 0.4) is 0 Å². The summed E-state index contributed by atoms with van der Waals surface area (Å²) in [5, 5.41) is 11.7. The minimum Gasteiger partial charge on any atom is -0.392 e. The third kappa shape index (κ3) is 3.51. The number of fused-ring (bicyclic) bond motifs is 1. The van der Waals surface area contributed by atoms with Crippen molar-refractivity contribution in [3.63, 3.8) is 0 Å². The molecule has 1 atom stereocenters. The van der Waals surface area contributed by atoms with Crippen molar-refractivity contribution in [2.24, 2.45) is 0 Å². The Morgan fingerprint density at radius 3 is 2.70 bits per heavy atom. The summed E-state index contributed by atoms with van der Waals surface area (Å²) in [4.78, 5) is 21.2. The molecule has 1 N–H and O–H groups in total. The molecule has 1 aromatic carbocycles. The van der Waals surface area contributed by atoms with Gasteiger partial charge in [0.25, 0.3) is 5.91 Å². The van der Waals surface area contributed by atoms with Crippen LogP contribution in [0, 0.1) is 0 Å². The summed E-state index contributed by atoms with van der Waals surface area (Å²) in [6.07, 6.45) is 2.18. The minimum atomic E-state index is -0.281. The molecule has 0 saturated carbocycles. The summed E-state index contributed by atoms with van der Waals surface area (Å²) in [6, 6.07) is 9.77. The Balaban J connectivity index is 1.70. The molecule has 0 bridgehead atoms. The van der Waals surface area contributed by atoms with E-state index in [1.54, 1.807) is 6.20 Å². The van der Waals surface area contributed by atoms with Crippen molar-refractivity contribution in [1.29, 1.82) is 0 Å². The van der Waals surface area contributed by atoms with Gasteiger partial charge in [0.15, 0.2) is 0 Å². The van der Waals surface area contributed by atoms with Gasteiger partial charge in [0.1, 0.15) is 5.69 Å². The van der Waals surface area contributed by atoms with Gasteiger partial charge < -0.3 is 10.0 Å². The number of pyridine rings is 1. The van der Waals surface area contributed by atoms with Gasteiger partial charge in [0.05, 0.1) is 6.10 Å². The Hall–Kier alpha value is -1.98. The second-order valence-electron chi connectivity index (χ2n) is 6.04. The second-order valence-corrected chi connectivity index (χ2v) is 6.04. The summed E-state index contributed by atoms with van der Waals surface area (Å²) >= 11 is 0. The third-order valence-electron chi connectivity index (χ3n) is 4.48. The van der Waals surface area contributed by atoms with Crippen LogP contribution >= 0.6 is 0 Å². The Labute approximate surface area is 136 Å². The number of β-amino-alcohol motifs (C(OH)–C–C–N with tert-alkyl or cyclic N) is 1. The first-order valence-corrected chi connectivity index (χ1v) is 8.22. The van der Waals surface area contributed by atoms with E-state index in [2.05, 4.69) is 9.88 Å². The maximum absolute atomic E-state index is 12.8. The second kappa shape index (κ2) is 7.06. The first-order chi connectivity index (χ1) is 11.2. The topological polar surface area (TPSA) is 56.7 Å². The number of amides is 1. The smallest absolute Gasteiger partial charge is 0.273 e. The van der Waals surface area contributed by atoms with E-state index in [0.29, 0.717) is 25.3 Å². The predicted molar refractivity (Wildman–Crippen MR) is 90.4 cm³/mol. The lowest BCUT2D eigenvalue weighted by Crippen LogP contribution is -2.50. The highest BCUT2D eigenvalue weighted by molar-refractivity contribution is 6.05. The van der Waals surface area contributed by atoms with E-state index < -0.39 is 0 Å². The van der Waals surface area contributed by atoms with E-state index >= 15 is 0 Å². The van der Waals surface area contributed by atoms with Crippen molar-refractivity contribution in [3.8, 4) is 0 Å². The molecular weight excluding hydrogens is 290 g/mol. The van der Waals surface area contributed by atoms with E-state index in [1.165, 1.54) is 0 Å². The lowest BCUT2D eigenvalue weighted by atomic mass is 10.1. The van der Waals surface area contributed by atoms with Gasteiger partial charge in [0.2, 0.25) is 0 Å². The summed E-state index contributed by atoms with van der Waals surface area (Å²) in [5.74, 6) is -0.00232. The monoisotopic (exact) mass is 313 g/mol. The summed E-state index contributed by atoms with van der Waals surface area (Å²) < 4.78 is 0. The lowest BCUT2D eigenvalue weighted by molar-refractivity contribution is 0.0521. The molecule has 3 rings (SSSR count). The molecule has 2 aromatic rings. The Morgan fingerprint density at radius 2 is 1.96 bits per heavy atom. The molecule has 23 heavy (non-hydrogen) atoms. The quantitative estimate of drug-likeness (QED) is 0.934. The van der Waals surface area contributed by atoms with Gasteiger partial charge in [-0.15, -0.1) is 0 Å². The highest BCUT2D eigenvalue weighted by Gasteiger charge is 2.24. The first kappa shape index (κ1) is 15.9. The third-order valence-corrected chi connectivity index (χ3v) is 4.48. The van der Waals surface area contributed by atoms with Crippen LogP contribution in [0.2, 0.25) is 0 Å². The van der Waals surface area contributed by atoms with Crippen LogP contribution in [0.1, 0.15) is 23.8 Å². The van der Waals surface area contributed by atoms with Gasteiger partial charge in [0, 0.05) is 44.3 Å². The molecule has 122 valence electrons. The fourth-order valence-corrected chi connectivity index (χ4v) is 3.00. The van der Waals surface area contributed by atoms with Crippen molar-refractivity contribution in [2.75, 3.05) is 32.7 Å². The number of rotatable bonds is 4. The molecule has 0 aliphatic carbocycles. The van der Waals surface area contributed by atoms with Crippen LogP contribution in [-0.2, 0) is 0 Å². The molecular formula is C18H23N3O2. The van der Waals surface area contributed by atoms with Crippen molar-refractivity contribution in [1.82, 2.24) is 14.8 Å². The summed E-state index contributed by atoms with van der Waals surface area (Å²) in [5.41, 5.74) is 0.533. The number of carbonyl (C=O) groups excluding carboxylic acids is 1. The maximum atomic E-state index is 12.8. The van der Waals surface area contributed by atoms with Crippen LogP contribution in [0.5, 0.6) is 0 Å². The standard InChI is InChI=1S/C18H23N3O2/c1-2-15(22)13-20-9-11-21(12-10-20)18(23)17-16-6-4-3-5-14(16)7-8-19-17/h3-8,15,22H,2,9-13H2,1H3/t15-/m1/s1. The van der Waals surface area contributed by atoms with Crippen molar-refractivity contribution in [3.05, 3.63) is 42.2 Å². The molecule has 1 aliphatic rings. The van der Waals surface area contributed by atoms with E-state index in [1.807, 2.05) is 42.2 Å². The van der Waals surface area contributed by atoms with Crippen molar-refractivity contribution < 1.29 is 9.90 Å². The molecule has 0 spiro atoms. The highest BCUT2D eigenvalue weighted by atomic mass is 16.3.